The molecule has 2 heterocycles. The van der Waals surface area contributed by atoms with E-state index in [0.717, 1.165) is 56.9 Å². The summed E-state index contributed by atoms with van der Waals surface area (Å²) in [6, 6.07) is 0. The molecule has 0 radical (unpaired) electrons. The Morgan fingerprint density at radius 3 is 1.48 bits per heavy atom. The van der Waals surface area contributed by atoms with Crippen molar-refractivity contribution in [1.82, 2.24) is 0 Å². The summed E-state index contributed by atoms with van der Waals surface area (Å²) in [5, 5.41) is 21.2. The Bertz CT molecular complexity index is 662. The lowest BCUT2D eigenvalue weighted by Crippen LogP contribution is -2.31. The standard InChI is InChI=1S/C35H64O5/c1-3-4-5-6-7-8-12-15-18-21-24-31(36)33-26-27-34(40-33)32(37)25-22-19-16-13-10-9-11-14-17-20-23-30-28-29(2)39-35(30)38/h28-29,31-34,36-37H,3-27H2,1-2H3/t29?,31?,32-,33-,34?/m1/s1. The second-order valence-electron chi connectivity index (χ2n) is 12.8. The second kappa shape index (κ2) is 22.7. The Labute approximate surface area is 246 Å². The van der Waals surface area contributed by atoms with Crippen LogP contribution in [-0.2, 0) is 14.3 Å². The van der Waals surface area contributed by atoms with Gasteiger partial charge < -0.3 is 19.7 Å². The zero-order valence-corrected chi connectivity index (χ0v) is 26.3. The van der Waals surface area contributed by atoms with Crippen molar-refractivity contribution in [2.45, 2.75) is 205 Å². The number of carbonyl (C=O) groups excluding carboxylic acids is 1. The average molecular weight is 565 g/mol. The average Bonchev–Trinajstić information content (AvgIpc) is 3.56. The highest BCUT2D eigenvalue weighted by Crippen LogP contribution is 2.28. The normalized spacial score (nSPS) is 22.4. The van der Waals surface area contributed by atoms with Gasteiger partial charge in [0.05, 0.1) is 24.4 Å². The van der Waals surface area contributed by atoms with Crippen molar-refractivity contribution in [3.05, 3.63) is 11.6 Å². The highest BCUT2D eigenvalue weighted by atomic mass is 16.5. The topological polar surface area (TPSA) is 76.0 Å². The number of cyclic esters (lactones) is 1. The number of hydrogen-bond acceptors (Lipinski definition) is 5. The van der Waals surface area contributed by atoms with Crippen LogP contribution in [0.2, 0.25) is 0 Å². The Hall–Kier alpha value is -0.910. The molecule has 0 aliphatic carbocycles. The second-order valence-corrected chi connectivity index (χ2v) is 12.8. The van der Waals surface area contributed by atoms with E-state index < -0.39 is 0 Å². The van der Waals surface area contributed by atoms with Crippen molar-refractivity contribution >= 4 is 5.97 Å². The highest BCUT2D eigenvalue weighted by molar-refractivity contribution is 5.90. The number of aliphatic hydroxyl groups excluding tert-OH is 2. The summed E-state index contributed by atoms with van der Waals surface area (Å²) in [6.07, 6.45) is 30.5. The first-order valence-corrected chi connectivity index (χ1v) is 17.4. The molecular formula is C35H64O5. The third kappa shape index (κ3) is 15.9. The van der Waals surface area contributed by atoms with Crippen LogP contribution in [0.4, 0.5) is 0 Å². The van der Waals surface area contributed by atoms with Crippen molar-refractivity contribution < 1.29 is 24.5 Å². The lowest BCUT2D eigenvalue weighted by molar-refractivity contribution is -0.139. The van der Waals surface area contributed by atoms with Gasteiger partial charge in [0.15, 0.2) is 0 Å². The summed E-state index contributed by atoms with van der Waals surface area (Å²) < 4.78 is 11.2. The Balaban J connectivity index is 1.35. The van der Waals surface area contributed by atoms with E-state index in [-0.39, 0.29) is 36.5 Å². The van der Waals surface area contributed by atoms with Gasteiger partial charge in [0.1, 0.15) is 6.10 Å². The summed E-state index contributed by atoms with van der Waals surface area (Å²) in [5.74, 6) is -0.117. The number of carbonyl (C=O) groups is 1. The van der Waals surface area contributed by atoms with Gasteiger partial charge in [0.25, 0.3) is 0 Å². The number of hydrogen-bond donors (Lipinski definition) is 2. The molecule has 2 aliphatic rings. The van der Waals surface area contributed by atoms with Gasteiger partial charge in [0, 0.05) is 5.57 Å². The van der Waals surface area contributed by atoms with Crippen LogP contribution in [0.25, 0.3) is 0 Å². The molecule has 0 aromatic heterocycles. The maximum Gasteiger partial charge on any atom is 0.334 e. The van der Waals surface area contributed by atoms with Gasteiger partial charge in [-0.1, -0.05) is 129 Å². The first-order valence-electron chi connectivity index (χ1n) is 17.4. The van der Waals surface area contributed by atoms with E-state index in [1.807, 2.05) is 13.0 Å². The van der Waals surface area contributed by atoms with Crippen LogP contribution in [0.5, 0.6) is 0 Å². The molecule has 1 fully saturated rings. The molecule has 2 N–H and O–H groups in total. The molecule has 2 rings (SSSR count). The number of ether oxygens (including phenoxy) is 2. The van der Waals surface area contributed by atoms with Gasteiger partial charge >= 0.3 is 5.97 Å². The van der Waals surface area contributed by atoms with E-state index in [4.69, 9.17) is 9.47 Å². The lowest BCUT2D eigenvalue weighted by Gasteiger charge is -2.22. The molecule has 40 heavy (non-hydrogen) atoms. The predicted octanol–water partition coefficient (Wildman–Crippen LogP) is 9.12. The largest absolute Gasteiger partial charge is 0.455 e. The Morgan fingerprint density at radius 1 is 0.675 bits per heavy atom. The van der Waals surface area contributed by atoms with E-state index in [0.29, 0.717) is 0 Å². The molecule has 0 aromatic carbocycles. The molecule has 0 amide bonds. The fraction of sp³-hybridized carbons (Fsp3) is 0.914. The Kier molecular flexibility index (Phi) is 20.0. The van der Waals surface area contributed by atoms with Crippen molar-refractivity contribution in [2.24, 2.45) is 0 Å². The molecule has 3 unspecified atom stereocenters. The van der Waals surface area contributed by atoms with Gasteiger partial charge in [0.2, 0.25) is 0 Å². The molecule has 5 heteroatoms. The summed E-state index contributed by atoms with van der Waals surface area (Å²) in [4.78, 5) is 11.6. The molecule has 2 aliphatic heterocycles. The zero-order valence-electron chi connectivity index (χ0n) is 26.3. The van der Waals surface area contributed by atoms with Gasteiger partial charge in [-0.3, -0.25) is 0 Å². The molecule has 0 saturated carbocycles. The Morgan fingerprint density at radius 2 is 1.07 bits per heavy atom. The van der Waals surface area contributed by atoms with Gasteiger partial charge in [-0.05, 0) is 51.5 Å². The van der Waals surface area contributed by atoms with Crippen LogP contribution < -0.4 is 0 Å². The van der Waals surface area contributed by atoms with E-state index in [2.05, 4.69) is 6.92 Å². The number of unbranched alkanes of at least 4 members (excludes halogenated alkanes) is 18. The van der Waals surface area contributed by atoms with E-state index in [1.54, 1.807) is 0 Å². The maximum atomic E-state index is 11.6. The quantitative estimate of drug-likeness (QED) is 0.0809. The molecular weight excluding hydrogens is 500 g/mol. The van der Waals surface area contributed by atoms with Crippen LogP contribution >= 0.6 is 0 Å². The molecule has 1 saturated heterocycles. The fourth-order valence-corrected chi connectivity index (χ4v) is 6.37. The van der Waals surface area contributed by atoms with Gasteiger partial charge in [-0.15, -0.1) is 0 Å². The third-order valence-corrected chi connectivity index (χ3v) is 8.98. The fourth-order valence-electron chi connectivity index (χ4n) is 6.37. The molecule has 0 aromatic rings. The van der Waals surface area contributed by atoms with Crippen LogP contribution in [-0.4, -0.2) is 46.7 Å². The highest BCUT2D eigenvalue weighted by Gasteiger charge is 2.34. The minimum Gasteiger partial charge on any atom is -0.455 e. The summed E-state index contributed by atoms with van der Waals surface area (Å²) >= 11 is 0. The van der Waals surface area contributed by atoms with Crippen LogP contribution in [0.1, 0.15) is 174 Å². The van der Waals surface area contributed by atoms with E-state index in [1.165, 1.54) is 109 Å². The number of esters is 1. The SMILES string of the molecule is CCCCCCCCCCCCC(O)[C@H]1CCC([C@H](O)CCCCCCCCCCCCC2=CC(C)OC2=O)O1. The minimum absolute atomic E-state index is 0.0443. The maximum absolute atomic E-state index is 11.6. The van der Waals surface area contributed by atoms with Crippen LogP contribution in [0, 0.1) is 0 Å². The van der Waals surface area contributed by atoms with E-state index in [9.17, 15) is 15.0 Å². The lowest BCUT2D eigenvalue weighted by atomic mass is 10.00. The van der Waals surface area contributed by atoms with Gasteiger partial charge in [-0.2, -0.15) is 0 Å². The first kappa shape index (κ1) is 35.3. The number of rotatable bonds is 26. The van der Waals surface area contributed by atoms with Gasteiger partial charge in [-0.25, -0.2) is 4.79 Å². The monoisotopic (exact) mass is 564 g/mol. The summed E-state index contributed by atoms with van der Waals surface area (Å²) in [7, 11) is 0. The van der Waals surface area contributed by atoms with Crippen molar-refractivity contribution in [2.75, 3.05) is 0 Å². The van der Waals surface area contributed by atoms with Crippen LogP contribution in [0.15, 0.2) is 11.6 Å². The van der Waals surface area contributed by atoms with Crippen molar-refractivity contribution in [1.29, 1.82) is 0 Å². The first-order chi connectivity index (χ1) is 19.5. The predicted molar refractivity (Wildman–Crippen MR) is 165 cm³/mol. The number of aliphatic hydroxyl groups is 2. The summed E-state index contributed by atoms with van der Waals surface area (Å²) in [6.45, 7) is 4.18. The molecule has 5 atom stereocenters. The van der Waals surface area contributed by atoms with Crippen LogP contribution in [0.3, 0.4) is 0 Å². The van der Waals surface area contributed by atoms with Crippen molar-refractivity contribution in [3.8, 4) is 0 Å². The molecule has 0 bridgehead atoms. The minimum atomic E-state index is -0.389. The molecule has 5 nitrogen and oxygen atoms in total. The van der Waals surface area contributed by atoms with E-state index >= 15 is 0 Å². The third-order valence-electron chi connectivity index (χ3n) is 8.98. The smallest absolute Gasteiger partial charge is 0.334 e. The van der Waals surface area contributed by atoms with Crippen molar-refractivity contribution in [3.63, 3.8) is 0 Å². The zero-order chi connectivity index (χ0) is 28.8. The molecule has 0 spiro atoms. The molecule has 234 valence electrons. The summed E-state index contributed by atoms with van der Waals surface area (Å²) in [5.41, 5.74) is 0.870.